The molecule has 9 nitrogen and oxygen atoms in total. The van der Waals surface area contributed by atoms with Gasteiger partial charge >= 0.3 is 0 Å². The van der Waals surface area contributed by atoms with Crippen LogP contribution in [0.25, 0.3) is 16.5 Å². The molecule has 0 spiro atoms. The van der Waals surface area contributed by atoms with Crippen LogP contribution in [-0.2, 0) is 11.3 Å². The summed E-state index contributed by atoms with van der Waals surface area (Å²) < 4.78 is 1.69. The van der Waals surface area contributed by atoms with E-state index >= 15 is 0 Å². The molecule has 0 aliphatic carbocycles. The van der Waals surface area contributed by atoms with Crippen molar-refractivity contribution in [2.45, 2.75) is 34.2 Å². The number of nitrogen functional groups attached to an aromatic ring is 1. The second kappa shape index (κ2) is 11.8. The number of pyridine rings is 1. The summed E-state index contributed by atoms with van der Waals surface area (Å²) in [6.07, 6.45) is 11.3. The van der Waals surface area contributed by atoms with Crippen LogP contribution in [0.3, 0.4) is 0 Å². The van der Waals surface area contributed by atoms with Crippen molar-refractivity contribution < 1.29 is 4.79 Å². The first-order valence-electron chi connectivity index (χ1n) is 11.7. The zero-order valence-electron chi connectivity index (χ0n) is 21.4. The fraction of sp³-hybridized carbons (Fsp3) is 0.179. The summed E-state index contributed by atoms with van der Waals surface area (Å²) in [5, 5.41) is 13.0. The van der Waals surface area contributed by atoms with Crippen LogP contribution in [0.15, 0.2) is 77.4 Å². The minimum absolute atomic E-state index is 0.0733. The lowest BCUT2D eigenvalue weighted by molar-refractivity contribution is -0.113. The van der Waals surface area contributed by atoms with Crippen LogP contribution >= 0.6 is 0 Å². The molecule has 9 heteroatoms. The first kappa shape index (κ1) is 26.8. The first-order chi connectivity index (χ1) is 17.6. The lowest BCUT2D eigenvalue weighted by Gasteiger charge is -2.19. The third kappa shape index (κ3) is 6.07. The molecule has 190 valence electrons. The Kier molecular flexibility index (Phi) is 8.52. The van der Waals surface area contributed by atoms with Gasteiger partial charge in [-0.1, -0.05) is 42.5 Å². The van der Waals surface area contributed by atoms with Gasteiger partial charge < -0.3 is 16.8 Å². The minimum Gasteiger partial charge on any atom is -0.383 e. The summed E-state index contributed by atoms with van der Waals surface area (Å²) in [6, 6.07) is 7.71. The standard InChI is InChI=1S/C28H31N7O2/c1-5-6-7-9-17(2)19(4)35-21(14-20-11-8-10-18(3)24(20)28(35)37)15-32-27-25(26(31)33-16-34-27)22(29)12-13-23(30)36/h5-14,16,29H,15H2,1-4H3,(H2,30,36)(H3,31,32,33,34)/b6-5-,9-7-,13-12+,19-17+,29-22?. The molecule has 0 saturated carbocycles. The molecule has 1 amide bonds. The van der Waals surface area contributed by atoms with Crippen LogP contribution in [0.1, 0.15) is 37.6 Å². The number of nitrogens with one attached hydrogen (secondary N) is 2. The maximum atomic E-state index is 13.8. The molecule has 2 aromatic heterocycles. The third-order valence-corrected chi connectivity index (χ3v) is 5.88. The van der Waals surface area contributed by atoms with Gasteiger partial charge in [-0.25, -0.2) is 9.97 Å². The van der Waals surface area contributed by atoms with Crippen LogP contribution in [0.4, 0.5) is 11.6 Å². The predicted octanol–water partition coefficient (Wildman–Crippen LogP) is 4.09. The van der Waals surface area contributed by atoms with Crippen molar-refractivity contribution in [1.29, 1.82) is 5.41 Å². The van der Waals surface area contributed by atoms with E-state index in [0.717, 1.165) is 28.3 Å². The Labute approximate surface area is 215 Å². The van der Waals surface area contributed by atoms with E-state index < -0.39 is 5.91 Å². The fourth-order valence-corrected chi connectivity index (χ4v) is 3.92. The maximum absolute atomic E-state index is 13.8. The predicted molar refractivity (Wildman–Crippen MR) is 150 cm³/mol. The van der Waals surface area contributed by atoms with Gasteiger partial charge in [0.15, 0.2) is 0 Å². The van der Waals surface area contributed by atoms with Crippen LogP contribution in [0.5, 0.6) is 0 Å². The molecule has 0 bridgehead atoms. The average molecular weight is 498 g/mol. The molecule has 0 radical (unpaired) electrons. The van der Waals surface area contributed by atoms with E-state index in [2.05, 4.69) is 15.3 Å². The fourth-order valence-electron chi connectivity index (χ4n) is 3.92. The Morgan fingerprint density at radius 3 is 2.62 bits per heavy atom. The Bertz CT molecular complexity index is 1540. The van der Waals surface area contributed by atoms with Crippen molar-refractivity contribution in [2.75, 3.05) is 11.1 Å². The summed E-state index contributed by atoms with van der Waals surface area (Å²) in [6.45, 7) is 7.93. The molecule has 0 saturated heterocycles. The number of nitrogens with two attached hydrogens (primary N) is 2. The molecule has 1 aromatic carbocycles. The van der Waals surface area contributed by atoms with Gasteiger partial charge in [-0.2, -0.15) is 0 Å². The molecule has 3 rings (SSSR count). The van der Waals surface area contributed by atoms with Gasteiger partial charge in [0.05, 0.1) is 23.2 Å². The van der Waals surface area contributed by atoms with Gasteiger partial charge in [0.1, 0.15) is 18.0 Å². The van der Waals surface area contributed by atoms with Crippen molar-refractivity contribution in [1.82, 2.24) is 14.5 Å². The molecular formula is C28H31N7O2. The number of carbonyl (C=O) groups is 1. The van der Waals surface area contributed by atoms with E-state index in [9.17, 15) is 9.59 Å². The lowest BCUT2D eigenvalue weighted by atomic mass is 10.1. The number of allylic oxidation sites excluding steroid dienone is 7. The van der Waals surface area contributed by atoms with Crippen molar-refractivity contribution in [2.24, 2.45) is 5.73 Å². The van der Waals surface area contributed by atoms with Crippen LogP contribution in [0.2, 0.25) is 0 Å². The molecule has 0 unspecified atom stereocenters. The Morgan fingerprint density at radius 1 is 1.16 bits per heavy atom. The molecule has 0 aliphatic heterocycles. The number of benzene rings is 1. The Morgan fingerprint density at radius 2 is 1.92 bits per heavy atom. The molecule has 3 aromatic rings. The summed E-state index contributed by atoms with van der Waals surface area (Å²) in [5.41, 5.74) is 14.5. The monoisotopic (exact) mass is 497 g/mol. The summed E-state index contributed by atoms with van der Waals surface area (Å²) in [5.74, 6) is -0.322. The zero-order valence-corrected chi connectivity index (χ0v) is 21.4. The van der Waals surface area contributed by atoms with E-state index in [1.807, 2.05) is 76.3 Å². The van der Waals surface area contributed by atoms with Gasteiger partial charge in [-0.15, -0.1) is 0 Å². The van der Waals surface area contributed by atoms with Gasteiger partial charge in [-0.05, 0) is 56.4 Å². The number of nitrogens with zero attached hydrogens (tertiary/aromatic N) is 3. The molecule has 6 N–H and O–H groups in total. The highest BCUT2D eigenvalue weighted by molar-refractivity contribution is 6.14. The average Bonchev–Trinajstić information content (AvgIpc) is 2.85. The SMILES string of the molecule is C\C=C/C=C\C(C)=C(/C)n1c(CNc2ncnc(N)c2C(=N)/C=C/C(N)=O)cc2cccc(C)c2c1=O. The highest BCUT2D eigenvalue weighted by atomic mass is 16.1. The minimum atomic E-state index is -0.689. The van der Waals surface area contributed by atoms with Crippen molar-refractivity contribution >= 4 is 39.7 Å². The van der Waals surface area contributed by atoms with E-state index in [-0.39, 0.29) is 29.2 Å². The number of fused-ring (bicyclic) bond motifs is 1. The number of primary amides is 1. The maximum Gasteiger partial charge on any atom is 0.263 e. The van der Waals surface area contributed by atoms with E-state index in [1.165, 1.54) is 12.4 Å². The number of hydrogen-bond donors (Lipinski definition) is 4. The topological polar surface area (TPSA) is 153 Å². The molecular weight excluding hydrogens is 466 g/mol. The second-order valence-corrected chi connectivity index (χ2v) is 8.45. The van der Waals surface area contributed by atoms with Crippen LogP contribution in [-0.4, -0.2) is 26.2 Å². The largest absolute Gasteiger partial charge is 0.383 e. The first-order valence-corrected chi connectivity index (χ1v) is 11.7. The molecule has 2 heterocycles. The lowest BCUT2D eigenvalue weighted by Crippen LogP contribution is -2.25. The number of anilines is 2. The number of rotatable bonds is 9. The summed E-state index contributed by atoms with van der Waals surface area (Å²) in [4.78, 5) is 33.1. The van der Waals surface area contributed by atoms with Crippen molar-refractivity contribution in [3.05, 3.63) is 99.8 Å². The number of carbonyl (C=O) groups excluding carboxylic acids is 1. The molecule has 37 heavy (non-hydrogen) atoms. The van der Waals surface area contributed by atoms with Gasteiger partial charge in [-0.3, -0.25) is 19.6 Å². The van der Waals surface area contributed by atoms with E-state index in [1.54, 1.807) is 4.57 Å². The smallest absolute Gasteiger partial charge is 0.263 e. The normalized spacial score (nSPS) is 12.5. The highest BCUT2D eigenvalue weighted by Crippen LogP contribution is 2.23. The summed E-state index contributed by atoms with van der Waals surface area (Å²) in [7, 11) is 0. The van der Waals surface area contributed by atoms with E-state index in [4.69, 9.17) is 16.9 Å². The number of aryl methyl sites for hydroxylation is 1. The summed E-state index contributed by atoms with van der Waals surface area (Å²) >= 11 is 0. The highest BCUT2D eigenvalue weighted by Gasteiger charge is 2.16. The quantitative estimate of drug-likeness (QED) is 0.198. The molecule has 0 fully saturated rings. The van der Waals surface area contributed by atoms with Gasteiger partial charge in [0.25, 0.3) is 5.56 Å². The zero-order chi connectivity index (χ0) is 27.1. The number of hydrogen-bond acceptors (Lipinski definition) is 7. The molecule has 0 atom stereocenters. The van der Waals surface area contributed by atoms with Crippen LogP contribution < -0.4 is 22.3 Å². The van der Waals surface area contributed by atoms with Gasteiger partial charge in [0.2, 0.25) is 5.91 Å². The second-order valence-electron chi connectivity index (χ2n) is 8.45. The number of amides is 1. The Hall–Kier alpha value is -4.79. The number of aromatic nitrogens is 3. The Balaban J connectivity index is 2.14. The van der Waals surface area contributed by atoms with E-state index in [0.29, 0.717) is 16.9 Å². The van der Waals surface area contributed by atoms with Crippen molar-refractivity contribution in [3.8, 4) is 0 Å². The van der Waals surface area contributed by atoms with Crippen molar-refractivity contribution in [3.63, 3.8) is 0 Å². The van der Waals surface area contributed by atoms with Crippen LogP contribution in [0, 0.1) is 12.3 Å². The van der Waals surface area contributed by atoms with Gasteiger partial charge in [0, 0.05) is 17.5 Å². The third-order valence-electron chi connectivity index (χ3n) is 5.88. The molecule has 0 aliphatic rings.